The van der Waals surface area contributed by atoms with Gasteiger partial charge in [0.15, 0.2) is 17.1 Å². The Balaban J connectivity index is 2.91. The van der Waals surface area contributed by atoms with E-state index in [1.807, 2.05) is 0 Å². The minimum atomic E-state index is 0.195. The lowest BCUT2D eigenvalue weighted by Crippen LogP contribution is -2.03. The van der Waals surface area contributed by atoms with Crippen LogP contribution in [-0.2, 0) is 9.63 Å². The molecule has 1 heterocycles. The maximum absolute atomic E-state index is 10.5. The van der Waals surface area contributed by atoms with E-state index in [1.54, 1.807) is 12.4 Å². The number of nitrogens with zero attached hydrogens (tertiary/aromatic N) is 2. The lowest BCUT2D eigenvalue weighted by Gasteiger charge is -1.92. The third kappa shape index (κ3) is 2.25. The van der Waals surface area contributed by atoms with Gasteiger partial charge in [-0.25, -0.2) is 4.98 Å². The fourth-order valence-corrected chi connectivity index (χ4v) is 1.40. The summed E-state index contributed by atoms with van der Waals surface area (Å²) < 4.78 is 0. The first-order valence-corrected chi connectivity index (χ1v) is 4.39. The Bertz CT molecular complexity index is 321. The van der Waals surface area contributed by atoms with Crippen LogP contribution in [0.15, 0.2) is 10.5 Å². The molecule has 0 aliphatic heterocycles. The Morgan fingerprint density at radius 2 is 2.62 bits per heavy atom. The highest BCUT2D eigenvalue weighted by Crippen LogP contribution is 2.14. The number of thiazole rings is 1. The molecule has 0 saturated heterocycles. The first-order chi connectivity index (χ1) is 6.31. The Kier molecular flexibility index (Phi) is 3.39. The molecule has 0 aliphatic carbocycles. The molecule has 1 rings (SSSR count). The second-order valence-corrected chi connectivity index (χ2v) is 2.92. The fraction of sp³-hybridized carbons (Fsp3) is 0.286. The van der Waals surface area contributed by atoms with Crippen LogP contribution < -0.4 is 5.32 Å². The standard InChI is InChI=1S/C7H9N3O2S/c1-8-7-9-6(4-13-7)5(3-11)10-12-2/h3-4H,1-2H3,(H,8,9)/b10-5-. The molecule has 0 spiro atoms. The lowest BCUT2D eigenvalue weighted by molar-refractivity contribution is -0.102. The summed E-state index contributed by atoms with van der Waals surface area (Å²) in [5.41, 5.74) is 0.714. The van der Waals surface area contributed by atoms with E-state index < -0.39 is 0 Å². The van der Waals surface area contributed by atoms with Gasteiger partial charge >= 0.3 is 0 Å². The number of hydrogen-bond acceptors (Lipinski definition) is 6. The maximum atomic E-state index is 10.5. The number of nitrogens with one attached hydrogen (secondary N) is 1. The van der Waals surface area contributed by atoms with Crippen molar-refractivity contribution in [2.24, 2.45) is 5.16 Å². The van der Waals surface area contributed by atoms with Gasteiger partial charge in [-0.1, -0.05) is 5.16 Å². The Labute approximate surface area is 79.4 Å². The molecule has 70 valence electrons. The zero-order valence-electron chi connectivity index (χ0n) is 7.27. The van der Waals surface area contributed by atoms with Gasteiger partial charge in [-0.2, -0.15) is 0 Å². The van der Waals surface area contributed by atoms with Crippen LogP contribution >= 0.6 is 11.3 Å². The van der Waals surface area contributed by atoms with Crippen molar-refractivity contribution in [3.8, 4) is 0 Å². The van der Waals surface area contributed by atoms with Crippen LogP contribution in [0, 0.1) is 0 Å². The molecule has 1 N–H and O–H groups in total. The molecule has 6 heteroatoms. The summed E-state index contributed by atoms with van der Waals surface area (Å²) in [6.07, 6.45) is 0.609. The van der Waals surface area contributed by atoms with Crippen LogP contribution in [-0.4, -0.2) is 31.1 Å². The van der Waals surface area contributed by atoms with Crippen LogP contribution in [0.25, 0.3) is 0 Å². The van der Waals surface area contributed by atoms with Gasteiger partial charge in [0.05, 0.1) is 0 Å². The van der Waals surface area contributed by atoms with Gasteiger partial charge in [0.2, 0.25) is 0 Å². The molecule has 1 aromatic heterocycles. The van der Waals surface area contributed by atoms with Gasteiger partial charge in [-0.15, -0.1) is 11.3 Å². The highest BCUT2D eigenvalue weighted by Gasteiger charge is 2.07. The number of carbonyl (C=O) groups is 1. The van der Waals surface area contributed by atoms with E-state index in [2.05, 4.69) is 20.3 Å². The summed E-state index contributed by atoms with van der Waals surface area (Å²) in [5.74, 6) is 0. The number of aldehydes is 1. The average Bonchev–Trinajstić information content (AvgIpc) is 2.62. The van der Waals surface area contributed by atoms with Crippen molar-refractivity contribution in [3.63, 3.8) is 0 Å². The average molecular weight is 199 g/mol. The summed E-state index contributed by atoms with van der Waals surface area (Å²) in [7, 11) is 3.14. The molecule has 0 saturated carbocycles. The first-order valence-electron chi connectivity index (χ1n) is 3.51. The third-order valence-electron chi connectivity index (χ3n) is 1.28. The van der Waals surface area contributed by atoms with E-state index in [4.69, 9.17) is 0 Å². The quantitative estimate of drug-likeness (QED) is 0.441. The Hall–Kier alpha value is -1.43. The topological polar surface area (TPSA) is 63.6 Å². The molecule has 0 bridgehead atoms. The van der Waals surface area contributed by atoms with Crippen molar-refractivity contribution in [3.05, 3.63) is 11.1 Å². The predicted molar refractivity (Wildman–Crippen MR) is 51.3 cm³/mol. The zero-order chi connectivity index (χ0) is 9.68. The van der Waals surface area contributed by atoms with E-state index in [0.717, 1.165) is 5.13 Å². The second-order valence-electron chi connectivity index (χ2n) is 2.06. The molecule has 0 aliphatic rings. The first kappa shape index (κ1) is 9.66. The van der Waals surface area contributed by atoms with Gasteiger partial charge in [0.25, 0.3) is 0 Å². The van der Waals surface area contributed by atoms with Crippen molar-refractivity contribution in [2.75, 3.05) is 19.5 Å². The van der Waals surface area contributed by atoms with Crippen molar-refractivity contribution in [1.82, 2.24) is 4.98 Å². The minimum Gasteiger partial charge on any atom is -0.398 e. The number of rotatable bonds is 4. The molecule has 0 amide bonds. The smallest absolute Gasteiger partial charge is 0.183 e. The molecule has 0 aromatic carbocycles. The summed E-state index contributed by atoms with van der Waals surface area (Å²) >= 11 is 1.40. The number of carbonyl (C=O) groups excluding carboxylic acids is 1. The second kappa shape index (κ2) is 4.56. The highest BCUT2D eigenvalue weighted by molar-refractivity contribution is 7.14. The van der Waals surface area contributed by atoms with E-state index in [0.29, 0.717) is 12.0 Å². The number of anilines is 1. The summed E-state index contributed by atoms with van der Waals surface area (Å²) in [5, 5.41) is 8.86. The molecule has 0 radical (unpaired) electrons. The van der Waals surface area contributed by atoms with Crippen LogP contribution in [0.2, 0.25) is 0 Å². The lowest BCUT2D eigenvalue weighted by atomic mass is 10.3. The molecule has 0 fully saturated rings. The number of aromatic nitrogens is 1. The van der Waals surface area contributed by atoms with Crippen molar-refractivity contribution < 1.29 is 9.63 Å². The monoisotopic (exact) mass is 199 g/mol. The van der Waals surface area contributed by atoms with Crippen LogP contribution in [0.3, 0.4) is 0 Å². The molecular weight excluding hydrogens is 190 g/mol. The summed E-state index contributed by atoms with van der Waals surface area (Å²) in [6.45, 7) is 0. The van der Waals surface area contributed by atoms with Crippen LogP contribution in [0.1, 0.15) is 5.69 Å². The molecule has 5 nitrogen and oxygen atoms in total. The number of oxime groups is 1. The van der Waals surface area contributed by atoms with Crippen LogP contribution in [0.5, 0.6) is 0 Å². The van der Waals surface area contributed by atoms with Gasteiger partial charge in [0.1, 0.15) is 12.8 Å². The Morgan fingerprint density at radius 1 is 1.85 bits per heavy atom. The SMILES string of the molecule is CNc1nc(/C(C=O)=N\OC)cs1. The van der Waals surface area contributed by atoms with Gasteiger partial charge < -0.3 is 10.2 Å². The molecule has 13 heavy (non-hydrogen) atoms. The molecule has 0 atom stereocenters. The molecule has 1 aromatic rings. The van der Waals surface area contributed by atoms with Crippen molar-refractivity contribution >= 4 is 28.5 Å². The zero-order valence-corrected chi connectivity index (χ0v) is 8.09. The largest absolute Gasteiger partial charge is 0.398 e. The minimum absolute atomic E-state index is 0.195. The summed E-state index contributed by atoms with van der Waals surface area (Å²) in [4.78, 5) is 19.1. The van der Waals surface area contributed by atoms with E-state index in [1.165, 1.54) is 18.4 Å². The van der Waals surface area contributed by atoms with E-state index in [9.17, 15) is 4.79 Å². The highest BCUT2D eigenvalue weighted by atomic mass is 32.1. The summed E-state index contributed by atoms with van der Waals surface area (Å²) in [6, 6.07) is 0. The van der Waals surface area contributed by atoms with Crippen LogP contribution in [0.4, 0.5) is 5.13 Å². The number of hydrogen-bond donors (Lipinski definition) is 1. The normalized spacial score (nSPS) is 11.1. The third-order valence-corrected chi connectivity index (χ3v) is 2.14. The van der Waals surface area contributed by atoms with E-state index >= 15 is 0 Å². The van der Waals surface area contributed by atoms with Gasteiger partial charge in [0, 0.05) is 12.4 Å². The molecular formula is C7H9N3O2S. The predicted octanol–water partition coefficient (Wildman–Crippen LogP) is 0.734. The van der Waals surface area contributed by atoms with Gasteiger partial charge in [-0.3, -0.25) is 4.79 Å². The Morgan fingerprint density at radius 3 is 3.08 bits per heavy atom. The fourth-order valence-electron chi connectivity index (χ4n) is 0.733. The van der Waals surface area contributed by atoms with Crippen molar-refractivity contribution in [2.45, 2.75) is 0 Å². The van der Waals surface area contributed by atoms with Crippen molar-refractivity contribution in [1.29, 1.82) is 0 Å². The van der Waals surface area contributed by atoms with E-state index in [-0.39, 0.29) is 5.71 Å². The molecule has 0 unspecified atom stereocenters. The maximum Gasteiger partial charge on any atom is 0.183 e. The van der Waals surface area contributed by atoms with Gasteiger partial charge in [-0.05, 0) is 0 Å².